The average Bonchev–Trinajstić information content (AvgIpc) is 2.45. The van der Waals surface area contributed by atoms with Gasteiger partial charge in [0, 0.05) is 4.90 Å². The summed E-state index contributed by atoms with van der Waals surface area (Å²) in [6.07, 6.45) is 4.99. The summed E-state index contributed by atoms with van der Waals surface area (Å²) >= 11 is 1.62. The summed E-state index contributed by atoms with van der Waals surface area (Å²) in [7, 11) is 0. The summed E-state index contributed by atoms with van der Waals surface area (Å²) in [4.78, 5) is 1.28. The number of hydrogen-bond acceptors (Lipinski definition) is 1. The zero-order valence-electron chi connectivity index (χ0n) is 12.8. The van der Waals surface area contributed by atoms with Gasteiger partial charge in [-0.1, -0.05) is 60.0 Å². The molecule has 21 heavy (non-hydrogen) atoms. The topological polar surface area (TPSA) is 0 Å². The quantitative estimate of drug-likeness (QED) is 0.534. The van der Waals surface area contributed by atoms with Crippen LogP contribution in [0.2, 0.25) is 0 Å². The van der Waals surface area contributed by atoms with Gasteiger partial charge in [0.05, 0.1) is 0 Å². The van der Waals surface area contributed by atoms with E-state index < -0.39 is 0 Å². The molecule has 0 amide bonds. The van der Waals surface area contributed by atoms with Crippen molar-refractivity contribution in [1.82, 2.24) is 0 Å². The van der Waals surface area contributed by atoms with Crippen LogP contribution in [0, 0.1) is 31.9 Å². The van der Waals surface area contributed by atoms with Crippen molar-refractivity contribution in [3.8, 4) is 11.2 Å². The maximum absolute atomic E-state index is 3.17. The van der Waals surface area contributed by atoms with Gasteiger partial charge in [-0.2, -0.15) is 0 Å². The van der Waals surface area contributed by atoms with E-state index in [1.54, 1.807) is 11.8 Å². The molecular formula is C20H20S. The number of rotatable bonds is 3. The minimum Gasteiger partial charge on any atom is -0.0717 e. The lowest BCUT2D eigenvalue weighted by Gasteiger charge is -2.06. The fourth-order valence-electron chi connectivity index (χ4n) is 2.31. The van der Waals surface area contributed by atoms with Gasteiger partial charge in [0.2, 0.25) is 0 Å². The molecule has 0 nitrogen and oxygen atoms in total. The monoisotopic (exact) mass is 292 g/mol. The first-order valence-electron chi connectivity index (χ1n) is 7.11. The Hall–Kier alpha value is -1.91. The van der Waals surface area contributed by atoms with Crippen molar-refractivity contribution in [2.24, 2.45) is 0 Å². The van der Waals surface area contributed by atoms with Gasteiger partial charge >= 0.3 is 0 Å². The van der Waals surface area contributed by atoms with E-state index >= 15 is 0 Å². The molecule has 0 aliphatic carbocycles. The molecule has 0 atom stereocenters. The molecule has 0 saturated carbocycles. The van der Waals surface area contributed by atoms with E-state index in [1.807, 2.05) is 12.1 Å². The lowest BCUT2D eigenvalue weighted by atomic mass is 10.1. The molecule has 0 spiro atoms. The van der Waals surface area contributed by atoms with Crippen molar-refractivity contribution < 1.29 is 0 Å². The van der Waals surface area contributed by atoms with Crippen LogP contribution in [0.25, 0.3) is 0 Å². The predicted molar refractivity (Wildman–Crippen MR) is 93.6 cm³/mol. The molecule has 1 heteroatoms. The van der Waals surface area contributed by atoms with Gasteiger partial charge in [-0.25, -0.2) is 0 Å². The Kier molecular flexibility index (Phi) is 5.72. The number of allylic oxidation sites excluding steroid dienone is 2. The Morgan fingerprint density at radius 2 is 1.67 bits per heavy atom. The molecule has 2 aromatic carbocycles. The summed E-state index contributed by atoms with van der Waals surface area (Å²) in [6, 6.07) is 14.8. The highest BCUT2D eigenvalue weighted by Gasteiger charge is 2.02. The summed E-state index contributed by atoms with van der Waals surface area (Å²) < 4.78 is 0. The number of benzene rings is 2. The highest BCUT2D eigenvalue weighted by atomic mass is 32.2. The van der Waals surface area contributed by atoms with E-state index in [9.17, 15) is 0 Å². The second-order valence-corrected chi connectivity index (χ2v) is 5.98. The molecule has 0 aromatic heterocycles. The minimum atomic E-state index is 0.933. The van der Waals surface area contributed by atoms with Crippen LogP contribution in [0.3, 0.4) is 0 Å². The van der Waals surface area contributed by atoms with E-state index in [4.69, 9.17) is 0 Å². The zero-order chi connectivity index (χ0) is 15.1. The maximum Gasteiger partial charge on any atom is 0.0262 e. The number of thioether (sulfide) groups is 1. The van der Waals surface area contributed by atoms with Gasteiger partial charge in [-0.3, -0.25) is 0 Å². The van der Waals surface area contributed by atoms with Crippen molar-refractivity contribution in [3.63, 3.8) is 0 Å². The molecule has 2 rings (SSSR count). The molecule has 0 fully saturated rings. The van der Waals surface area contributed by atoms with Crippen LogP contribution in [0.5, 0.6) is 0 Å². The van der Waals surface area contributed by atoms with Crippen molar-refractivity contribution >= 4 is 11.8 Å². The van der Waals surface area contributed by atoms with E-state index in [2.05, 4.69) is 74.4 Å². The van der Waals surface area contributed by atoms with E-state index in [-0.39, 0.29) is 0 Å². The van der Waals surface area contributed by atoms with E-state index in [1.165, 1.54) is 27.1 Å². The van der Waals surface area contributed by atoms with Crippen molar-refractivity contribution in [2.45, 2.75) is 32.1 Å². The van der Waals surface area contributed by atoms with Crippen molar-refractivity contribution in [3.05, 3.63) is 76.9 Å². The SMILES string of the molecule is Cc1cc(C)c(SC#C/C=C\Cc2ccccc2)c(C)c1. The van der Waals surface area contributed by atoms with Gasteiger partial charge in [0.25, 0.3) is 0 Å². The van der Waals surface area contributed by atoms with Gasteiger partial charge in [0.1, 0.15) is 0 Å². The Morgan fingerprint density at radius 1 is 1.00 bits per heavy atom. The van der Waals surface area contributed by atoms with Gasteiger partial charge in [-0.05, 0) is 67.0 Å². The maximum atomic E-state index is 3.17. The Bertz CT molecular complexity index is 662. The number of hydrogen-bond donors (Lipinski definition) is 0. The van der Waals surface area contributed by atoms with Crippen LogP contribution in [0.15, 0.2) is 59.5 Å². The fraction of sp³-hybridized carbons (Fsp3) is 0.200. The highest BCUT2D eigenvalue weighted by Crippen LogP contribution is 2.26. The first kappa shape index (κ1) is 15.5. The second-order valence-electron chi connectivity index (χ2n) is 5.17. The molecule has 0 aliphatic heterocycles. The zero-order valence-corrected chi connectivity index (χ0v) is 13.6. The summed E-state index contributed by atoms with van der Waals surface area (Å²) in [5.41, 5.74) is 5.23. The van der Waals surface area contributed by atoms with Crippen molar-refractivity contribution in [1.29, 1.82) is 0 Å². The summed E-state index contributed by atoms with van der Waals surface area (Å²) in [6.45, 7) is 6.43. The van der Waals surface area contributed by atoms with Crippen LogP contribution >= 0.6 is 11.8 Å². The van der Waals surface area contributed by atoms with Crippen LogP contribution in [0.4, 0.5) is 0 Å². The molecule has 0 saturated heterocycles. The normalized spacial score (nSPS) is 10.4. The van der Waals surface area contributed by atoms with Gasteiger partial charge in [-0.15, -0.1) is 0 Å². The molecule has 2 aromatic rings. The summed E-state index contributed by atoms with van der Waals surface area (Å²) in [5, 5.41) is 3.17. The molecule has 0 radical (unpaired) electrons. The smallest absolute Gasteiger partial charge is 0.0262 e. The highest BCUT2D eigenvalue weighted by molar-refractivity contribution is 8.04. The van der Waals surface area contributed by atoms with Crippen LogP contribution in [-0.4, -0.2) is 0 Å². The second kappa shape index (κ2) is 7.76. The Morgan fingerprint density at radius 3 is 2.33 bits per heavy atom. The molecule has 0 unspecified atom stereocenters. The lowest BCUT2D eigenvalue weighted by molar-refractivity contribution is 1.19. The van der Waals surface area contributed by atoms with Crippen LogP contribution in [-0.2, 0) is 6.42 Å². The molecular weight excluding hydrogens is 272 g/mol. The van der Waals surface area contributed by atoms with E-state index in [0.29, 0.717) is 0 Å². The lowest BCUT2D eigenvalue weighted by Crippen LogP contribution is -1.86. The first-order chi connectivity index (χ1) is 10.2. The molecule has 106 valence electrons. The third-order valence-electron chi connectivity index (χ3n) is 3.21. The molecule has 0 bridgehead atoms. The predicted octanol–water partition coefficient (Wildman–Crippen LogP) is 5.46. The minimum absolute atomic E-state index is 0.933. The van der Waals surface area contributed by atoms with Crippen LogP contribution in [0.1, 0.15) is 22.3 Å². The van der Waals surface area contributed by atoms with E-state index in [0.717, 1.165) is 6.42 Å². The van der Waals surface area contributed by atoms with Crippen LogP contribution < -0.4 is 0 Å². The molecule has 0 aliphatic rings. The molecule has 0 N–H and O–H groups in total. The first-order valence-corrected chi connectivity index (χ1v) is 7.92. The average molecular weight is 292 g/mol. The van der Waals surface area contributed by atoms with Gasteiger partial charge < -0.3 is 0 Å². The Balaban J connectivity index is 1.93. The Labute approximate surface area is 132 Å². The largest absolute Gasteiger partial charge is 0.0717 e. The third kappa shape index (κ3) is 4.85. The van der Waals surface area contributed by atoms with Gasteiger partial charge in [0.15, 0.2) is 0 Å². The third-order valence-corrected chi connectivity index (χ3v) is 4.28. The number of aryl methyl sites for hydroxylation is 3. The standard InChI is InChI=1S/C20H20S/c1-16-14-17(2)20(18(3)15-16)21-13-9-5-8-12-19-10-6-4-7-11-19/h4-8,10-11,14-15H,12H2,1-3H3/b8-5-. The molecule has 0 heterocycles. The van der Waals surface area contributed by atoms with Crippen molar-refractivity contribution in [2.75, 3.05) is 0 Å². The fourth-order valence-corrected chi connectivity index (χ4v) is 2.98. The summed E-state index contributed by atoms with van der Waals surface area (Å²) in [5.74, 6) is 3.11.